The zero-order valence-electron chi connectivity index (χ0n) is 14.7. The van der Waals surface area contributed by atoms with Crippen molar-refractivity contribution in [2.24, 2.45) is 5.92 Å². The van der Waals surface area contributed by atoms with Gasteiger partial charge in [0.25, 0.3) is 0 Å². The second-order valence-electron chi connectivity index (χ2n) is 6.46. The Morgan fingerprint density at radius 2 is 1.93 bits per heavy atom. The second-order valence-corrected chi connectivity index (χ2v) is 6.46. The van der Waals surface area contributed by atoms with Crippen molar-refractivity contribution in [3.63, 3.8) is 0 Å². The molecule has 1 unspecified atom stereocenters. The van der Waals surface area contributed by atoms with Gasteiger partial charge in [0.2, 0.25) is 11.8 Å². The van der Waals surface area contributed by atoms with Gasteiger partial charge >= 0.3 is 6.18 Å². The number of anilines is 2. The summed E-state index contributed by atoms with van der Waals surface area (Å²) in [6.07, 6.45) is -3.70. The van der Waals surface area contributed by atoms with Crippen LogP contribution in [0.2, 0.25) is 0 Å². The lowest BCUT2D eigenvalue weighted by Crippen LogP contribution is -2.28. The van der Waals surface area contributed by atoms with E-state index in [1.807, 2.05) is 31.2 Å². The van der Waals surface area contributed by atoms with Crippen LogP contribution in [0.15, 0.2) is 48.5 Å². The Hall–Kier alpha value is -2.83. The van der Waals surface area contributed by atoms with E-state index in [4.69, 9.17) is 0 Å². The smallest absolute Gasteiger partial charge is 0.326 e. The summed E-state index contributed by atoms with van der Waals surface area (Å²) >= 11 is 0. The van der Waals surface area contributed by atoms with Crippen LogP contribution in [-0.2, 0) is 22.2 Å². The molecule has 0 radical (unpaired) electrons. The van der Waals surface area contributed by atoms with E-state index in [1.54, 1.807) is 4.90 Å². The van der Waals surface area contributed by atoms with Crippen molar-refractivity contribution in [2.75, 3.05) is 16.8 Å². The van der Waals surface area contributed by atoms with Crippen molar-refractivity contribution < 1.29 is 22.8 Å². The number of nitrogens with one attached hydrogen (secondary N) is 1. The summed E-state index contributed by atoms with van der Waals surface area (Å²) in [6, 6.07) is 12.0. The lowest BCUT2D eigenvalue weighted by molar-refractivity contribution is -0.137. The van der Waals surface area contributed by atoms with Crippen LogP contribution in [0.25, 0.3) is 0 Å². The summed E-state index contributed by atoms with van der Waals surface area (Å²) in [5, 5.41) is 2.50. The zero-order chi connectivity index (χ0) is 19.6. The molecule has 142 valence electrons. The molecule has 1 aliphatic rings. The summed E-state index contributed by atoms with van der Waals surface area (Å²) in [5.41, 5.74) is 1.01. The van der Waals surface area contributed by atoms with Crippen molar-refractivity contribution in [2.45, 2.75) is 25.9 Å². The van der Waals surface area contributed by atoms with Gasteiger partial charge in [0.05, 0.1) is 11.5 Å². The Kier molecular flexibility index (Phi) is 5.21. The maximum atomic E-state index is 12.8. The van der Waals surface area contributed by atoms with Crippen molar-refractivity contribution in [3.8, 4) is 0 Å². The normalized spacial score (nSPS) is 17.3. The second kappa shape index (κ2) is 7.42. The fourth-order valence-electron chi connectivity index (χ4n) is 3.21. The summed E-state index contributed by atoms with van der Waals surface area (Å²) < 4.78 is 38.4. The zero-order valence-corrected chi connectivity index (χ0v) is 14.7. The molecule has 7 heteroatoms. The predicted molar refractivity (Wildman–Crippen MR) is 96.4 cm³/mol. The van der Waals surface area contributed by atoms with Gasteiger partial charge < -0.3 is 10.2 Å². The van der Waals surface area contributed by atoms with Gasteiger partial charge in [-0.15, -0.1) is 0 Å². The fraction of sp³-hybridized carbons (Fsp3) is 0.300. The number of aryl methyl sites for hydroxylation is 1. The monoisotopic (exact) mass is 376 g/mol. The summed E-state index contributed by atoms with van der Waals surface area (Å²) in [7, 11) is 0. The van der Waals surface area contributed by atoms with Crippen LogP contribution in [0.4, 0.5) is 24.5 Å². The Morgan fingerprint density at radius 1 is 1.19 bits per heavy atom. The third-order valence-electron chi connectivity index (χ3n) is 4.62. The van der Waals surface area contributed by atoms with Gasteiger partial charge in [0.1, 0.15) is 0 Å². The minimum Gasteiger partial charge on any atom is -0.326 e. The van der Waals surface area contributed by atoms with Crippen LogP contribution in [0, 0.1) is 5.92 Å². The fourth-order valence-corrected chi connectivity index (χ4v) is 3.21. The first-order valence-corrected chi connectivity index (χ1v) is 8.66. The molecule has 3 rings (SSSR count). The van der Waals surface area contributed by atoms with E-state index in [9.17, 15) is 22.8 Å². The van der Waals surface area contributed by atoms with Crippen LogP contribution in [0.5, 0.6) is 0 Å². The molecule has 1 saturated heterocycles. The van der Waals surface area contributed by atoms with Gasteiger partial charge in [0.15, 0.2) is 0 Å². The number of hydrogen-bond acceptors (Lipinski definition) is 2. The predicted octanol–water partition coefficient (Wildman–Crippen LogP) is 4.26. The number of rotatable bonds is 4. The minimum absolute atomic E-state index is 0.0306. The third kappa shape index (κ3) is 4.13. The molecule has 4 nitrogen and oxygen atoms in total. The van der Waals surface area contributed by atoms with Gasteiger partial charge in [-0.3, -0.25) is 9.59 Å². The van der Waals surface area contributed by atoms with Crippen LogP contribution < -0.4 is 10.2 Å². The van der Waals surface area contributed by atoms with Gasteiger partial charge in [-0.1, -0.05) is 31.2 Å². The first-order valence-electron chi connectivity index (χ1n) is 8.66. The molecule has 1 aliphatic heterocycles. The molecule has 1 fully saturated rings. The average Bonchev–Trinajstić information content (AvgIpc) is 3.03. The molecule has 0 bridgehead atoms. The topological polar surface area (TPSA) is 49.4 Å². The van der Waals surface area contributed by atoms with Crippen molar-refractivity contribution in [3.05, 3.63) is 59.7 Å². The molecular weight excluding hydrogens is 357 g/mol. The number of carbonyl (C=O) groups is 2. The molecule has 2 aromatic rings. The average molecular weight is 376 g/mol. The molecule has 1 heterocycles. The first-order chi connectivity index (χ1) is 12.8. The van der Waals surface area contributed by atoms with E-state index in [0.29, 0.717) is 0 Å². The van der Waals surface area contributed by atoms with Gasteiger partial charge in [0, 0.05) is 24.3 Å². The Morgan fingerprint density at radius 3 is 2.63 bits per heavy atom. The van der Waals surface area contributed by atoms with Gasteiger partial charge in [-0.25, -0.2) is 0 Å². The largest absolute Gasteiger partial charge is 0.416 e. The molecule has 2 aromatic carbocycles. The van der Waals surface area contributed by atoms with E-state index in [1.165, 1.54) is 12.1 Å². The highest BCUT2D eigenvalue weighted by molar-refractivity contribution is 6.03. The Balaban J connectivity index is 1.73. The number of halogens is 3. The molecule has 2 amide bonds. The van der Waals surface area contributed by atoms with Gasteiger partial charge in [-0.05, 0) is 36.2 Å². The maximum Gasteiger partial charge on any atom is 0.416 e. The molecule has 27 heavy (non-hydrogen) atoms. The van der Waals surface area contributed by atoms with Crippen molar-refractivity contribution in [1.29, 1.82) is 0 Å². The lowest BCUT2D eigenvalue weighted by atomic mass is 10.1. The number of benzene rings is 2. The standard InChI is InChI=1S/C20H19F3N2O2/c1-2-13-6-3-4-9-17(13)25-12-14(10-18(25)26)19(27)24-16-8-5-7-15(11-16)20(21,22)23/h3-9,11,14H,2,10,12H2,1H3,(H,24,27). The summed E-state index contributed by atoms with van der Waals surface area (Å²) in [4.78, 5) is 26.5. The SMILES string of the molecule is CCc1ccccc1N1CC(C(=O)Nc2cccc(C(F)(F)F)c2)CC1=O. The minimum atomic E-state index is -4.48. The quantitative estimate of drug-likeness (QED) is 0.867. The van der Waals surface area contributed by atoms with Crippen molar-refractivity contribution in [1.82, 2.24) is 0 Å². The van der Waals surface area contributed by atoms with Crippen LogP contribution >= 0.6 is 0 Å². The van der Waals surface area contributed by atoms with Crippen molar-refractivity contribution >= 4 is 23.2 Å². The van der Waals surface area contributed by atoms with E-state index < -0.39 is 23.6 Å². The highest BCUT2D eigenvalue weighted by Crippen LogP contribution is 2.32. The summed E-state index contributed by atoms with van der Waals surface area (Å²) in [6.45, 7) is 2.19. The third-order valence-corrected chi connectivity index (χ3v) is 4.62. The highest BCUT2D eigenvalue weighted by Gasteiger charge is 2.36. The van der Waals surface area contributed by atoms with E-state index in [-0.39, 0.29) is 24.6 Å². The number of para-hydroxylation sites is 1. The number of carbonyl (C=O) groups excluding carboxylic acids is 2. The van der Waals surface area contributed by atoms with E-state index in [2.05, 4.69) is 5.32 Å². The molecule has 0 spiro atoms. The van der Waals surface area contributed by atoms with E-state index >= 15 is 0 Å². The van der Waals surface area contributed by atoms with Crippen LogP contribution in [0.3, 0.4) is 0 Å². The summed E-state index contributed by atoms with van der Waals surface area (Å²) in [5.74, 6) is -1.24. The number of alkyl halides is 3. The molecule has 1 atom stereocenters. The molecule has 0 saturated carbocycles. The molecule has 1 N–H and O–H groups in total. The molecule has 0 aromatic heterocycles. The molecule has 0 aliphatic carbocycles. The highest BCUT2D eigenvalue weighted by atomic mass is 19.4. The van der Waals surface area contributed by atoms with Crippen LogP contribution in [0.1, 0.15) is 24.5 Å². The maximum absolute atomic E-state index is 12.8. The molecular formula is C20H19F3N2O2. The number of amides is 2. The van der Waals surface area contributed by atoms with Crippen LogP contribution in [-0.4, -0.2) is 18.4 Å². The van der Waals surface area contributed by atoms with E-state index in [0.717, 1.165) is 29.8 Å². The lowest BCUT2D eigenvalue weighted by Gasteiger charge is -2.20. The number of nitrogens with zero attached hydrogens (tertiary/aromatic N) is 1. The Labute approximate surface area is 155 Å². The Bertz CT molecular complexity index is 864. The first kappa shape index (κ1) is 18.9. The number of hydrogen-bond donors (Lipinski definition) is 1. The van der Waals surface area contributed by atoms with Gasteiger partial charge in [-0.2, -0.15) is 13.2 Å².